The fourth-order valence-electron chi connectivity index (χ4n) is 1.74. The van der Waals surface area contributed by atoms with Gasteiger partial charge in [0.1, 0.15) is 0 Å². The molecule has 4 nitrogen and oxygen atoms in total. The predicted octanol–water partition coefficient (Wildman–Crippen LogP) is 1.32. The Labute approximate surface area is 89.7 Å². The van der Waals surface area contributed by atoms with Crippen LogP contribution in [-0.2, 0) is 14.5 Å². The third-order valence-electron chi connectivity index (χ3n) is 2.60. The van der Waals surface area contributed by atoms with Crippen molar-refractivity contribution in [2.45, 2.75) is 12.5 Å². The summed E-state index contributed by atoms with van der Waals surface area (Å²) in [4.78, 5) is 0. The average molecular weight is 227 g/mol. The van der Waals surface area contributed by atoms with Gasteiger partial charge in [-0.25, -0.2) is 0 Å². The van der Waals surface area contributed by atoms with E-state index in [1.165, 1.54) is 4.31 Å². The van der Waals surface area contributed by atoms with Crippen LogP contribution < -0.4 is 0 Å². The lowest BCUT2D eigenvalue weighted by atomic mass is 10.0. The Balaban J connectivity index is 2.31. The second kappa shape index (κ2) is 3.92. The quantitative estimate of drug-likeness (QED) is 0.727. The predicted molar refractivity (Wildman–Crippen MR) is 56.4 cm³/mol. The molecule has 0 bridgehead atoms. The van der Waals surface area contributed by atoms with Gasteiger partial charge in [-0.05, 0) is 12.0 Å². The number of rotatable bonds is 1. The van der Waals surface area contributed by atoms with Gasteiger partial charge in [-0.2, -0.15) is 12.7 Å². The summed E-state index contributed by atoms with van der Waals surface area (Å²) in [5, 5.41) is 0. The summed E-state index contributed by atoms with van der Waals surface area (Å²) in [6, 6.07) is 9.49. The second-order valence-corrected chi connectivity index (χ2v) is 5.18. The van der Waals surface area contributed by atoms with Crippen LogP contribution in [0.25, 0.3) is 0 Å². The minimum absolute atomic E-state index is 0.107. The monoisotopic (exact) mass is 227 g/mol. The summed E-state index contributed by atoms with van der Waals surface area (Å²) in [6.07, 6.45) is 0.694. The molecule has 0 spiro atoms. The molecule has 1 saturated heterocycles. The van der Waals surface area contributed by atoms with Gasteiger partial charge in [0, 0.05) is 7.05 Å². The molecule has 1 aromatic carbocycles. The molecule has 0 unspecified atom stereocenters. The zero-order chi connectivity index (χ0) is 10.9. The van der Waals surface area contributed by atoms with E-state index in [-0.39, 0.29) is 12.6 Å². The third kappa shape index (κ3) is 2.04. The molecule has 0 aromatic heterocycles. The van der Waals surface area contributed by atoms with Crippen LogP contribution in [0.4, 0.5) is 0 Å². The molecule has 0 radical (unpaired) electrons. The summed E-state index contributed by atoms with van der Waals surface area (Å²) >= 11 is 0. The molecule has 15 heavy (non-hydrogen) atoms. The molecule has 1 aliphatic heterocycles. The van der Waals surface area contributed by atoms with Crippen molar-refractivity contribution in [1.29, 1.82) is 0 Å². The van der Waals surface area contributed by atoms with Crippen LogP contribution in [0.15, 0.2) is 30.3 Å². The van der Waals surface area contributed by atoms with E-state index in [1.54, 1.807) is 7.05 Å². The number of benzene rings is 1. The highest BCUT2D eigenvalue weighted by Crippen LogP contribution is 2.29. The molecular formula is C10H13NO3S. The van der Waals surface area contributed by atoms with Gasteiger partial charge in [-0.3, -0.25) is 4.18 Å². The molecule has 1 aromatic rings. The Hall–Kier alpha value is -0.910. The fraction of sp³-hybridized carbons (Fsp3) is 0.400. The lowest BCUT2D eigenvalue weighted by molar-refractivity contribution is 0.184. The summed E-state index contributed by atoms with van der Waals surface area (Å²) in [7, 11) is -1.98. The Bertz CT molecular complexity index is 429. The summed E-state index contributed by atoms with van der Waals surface area (Å²) in [5.41, 5.74) is 1.01. The molecule has 0 aliphatic carbocycles. The first kappa shape index (κ1) is 10.6. The summed E-state index contributed by atoms with van der Waals surface area (Å²) in [6.45, 7) is 0.256. The number of nitrogens with zero attached hydrogens (tertiary/aromatic N) is 1. The van der Waals surface area contributed by atoms with E-state index in [1.807, 2.05) is 30.3 Å². The second-order valence-electron chi connectivity index (χ2n) is 3.51. The van der Waals surface area contributed by atoms with Gasteiger partial charge >= 0.3 is 10.3 Å². The number of hydrogen-bond acceptors (Lipinski definition) is 3. The van der Waals surface area contributed by atoms with Gasteiger partial charge in [-0.15, -0.1) is 0 Å². The van der Waals surface area contributed by atoms with E-state index in [4.69, 9.17) is 4.18 Å². The molecule has 2 rings (SSSR count). The summed E-state index contributed by atoms with van der Waals surface area (Å²) < 4.78 is 28.9. The van der Waals surface area contributed by atoms with Crippen molar-refractivity contribution in [3.8, 4) is 0 Å². The van der Waals surface area contributed by atoms with Crippen molar-refractivity contribution < 1.29 is 12.6 Å². The van der Waals surface area contributed by atoms with Gasteiger partial charge in [0.25, 0.3) is 0 Å². The molecule has 5 heteroatoms. The molecule has 0 saturated carbocycles. The molecule has 82 valence electrons. The van der Waals surface area contributed by atoms with Gasteiger partial charge in [0.05, 0.1) is 12.6 Å². The van der Waals surface area contributed by atoms with E-state index in [0.29, 0.717) is 6.42 Å². The van der Waals surface area contributed by atoms with Crippen molar-refractivity contribution in [1.82, 2.24) is 4.31 Å². The topological polar surface area (TPSA) is 46.6 Å². The lowest BCUT2D eigenvalue weighted by Gasteiger charge is -2.31. The smallest absolute Gasteiger partial charge is 0.258 e. The van der Waals surface area contributed by atoms with Crippen LogP contribution in [0.5, 0.6) is 0 Å². The number of hydrogen-bond donors (Lipinski definition) is 0. The first-order valence-electron chi connectivity index (χ1n) is 4.78. The van der Waals surface area contributed by atoms with Crippen LogP contribution in [0.3, 0.4) is 0 Å². The van der Waals surface area contributed by atoms with Crippen molar-refractivity contribution in [3.05, 3.63) is 35.9 Å². The van der Waals surface area contributed by atoms with Crippen LogP contribution in [0.2, 0.25) is 0 Å². The zero-order valence-electron chi connectivity index (χ0n) is 8.46. The maximum Gasteiger partial charge on any atom is 0.338 e. The van der Waals surface area contributed by atoms with Gasteiger partial charge in [-0.1, -0.05) is 30.3 Å². The van der Waals surface area contributed by atoms with Crippen molar-refractivity contribution >= 4 is 10.3 Å². The SMILES string of the molecule is CN1[C@H](c2ccccc2)CCOS1(=O)=O. The van der Waals surface area contributed by atoms with E-state index >= 15 is 0 Å². The molecule has 0 amide bonds. The molecule has 0 N–H and O–H groups in total. The van der Waals surface area contributed by atoms with Crippen LogP contribution in [-0.4, -0.2) is 26.4 Å². The normalized spacial score (nSPS) is 26.3. The average Bonchev–Trinajstić information content (AvgIpc) is 2.23. The zero-order valence-corrected chi connectivity index (χ0v) is 9.28. The highest BCUT2D eigenvalue weighted by atomic mass is 32.2. The fourth-order valence-corrected chi connectivity index (χ4v) is 2.75. The van der Waals surface area contributed by atoms with E-state index in [0.717, 1.165) is 5.56 Å². The first-order chi connectivity index (χ1) is 7.11. The van der Waals surface area contributed by atoms with Crippen LogP contribution >= 0.6 is 0 Å². The molecule has 1 fully saturated rings. The van der Waals surface area contributed by atoms with Crippen molar-refractivity contribution in [3.63, 3.8) is 0 Å². The molecule has 1 atom stereocenters. The maximum atomic E-state index is 11.5. The van der Waals surface area contributed by atoms with Crippen molar-refractivity contribution in [2.75, 3.05) is 13.7 Å². The standard InChI is InChI=1S/C10H13NO3S/c1-11-10(7-8-14-15(11,12)13)9-5-3-2-4-6-9/h2-6,10H,7-8H2,1H3/t10-/m0/s1. The maximum absolute atomic E-state index is 11.5. The Kier molecular flexibility index (Phi) is 2.77. The minimum Gasteiger partial charge on any atom is -0.258 e. The van der Waals surface area contributed by atoms with Gasteiger partial charge < -0.3 is 0 Å². The highest BCUT2D eigenvalue weighted by molar-refractivity contribution is 7.84. The van der Waals surface area contributed by atoms with E-state index < -0.39 is 10.3 Å². The van der Waals surface area contributed by atoms with Gasteiger partial charge in [0.2, 0.25) is 0 Å². The largest absolute Gasteiger partial charge is 0.338 e. The first-order valence-corrected chi connectivity index (χ1v) is 6.15. The van der Waals surface area contributed by atoms with Crippen molar-refractivity contribution in [2.24, 2.45) is 0 Å². The molecule has 1 aliphatic rings. The van der Waals surface area contributed by atoms with E-state index in [2.05, 4.69) is 0 Å². The Morgan fingerprint density at radius 2 is 2.00 bits per heavy atom. The Morgan fingerprint density at radius 1 is 1.33 bits per heavy atom. The molecule has 1 heterocycles. The highest BCUT2D eigenvalue weighted by Gasteiger charge is 2.32. The summed E-state index contributed by atoms with van der Waals surface area (Å²) in [5.74, 6) is 0. The van der Waals surface area contributed by atoms with Gasteiger partial charge in [0.15, 0.2) is 0 Å². The Morgan fingerprint density at radius 3 is 2.67 bits per heavy atom. The lowest BCUT2D eigenvalue weighted by Crippen LogP contribution is -2.37. The third-order valence-corrected chi connectivity index (χ3v) is 4.02. The van der Waals surface area contributed by atoms with E-state index in [9.17, 15) is 8.42 Å². The van der Waals surface area contributed by atoms with Crippen LogP contribution in [0, 0.1) is 0 Å². The van der Waals surface area contributed by atoms with Crippen LogP contribution in [0.1, 0.15) is 18.0 Å². The molecular weight excluding hydrogens is 214 g/mol. The minimum atomic E-state index is -3.53.